The fourth-order valence-corrected chi connectivity index (χ4v) is 5.84. The standard InChI is InChI=1S/C17H26O/c1-10-6-7-15-16(4,5)14-9-17(10,15)8-13(11(14)2)12(3)18/h10,14-15H,6-9H2,1-5H3/t10-,14-,15+,17-/m1/s1. The summed E-state index contributed by atoms with van der Waals surface area (Å²) in [6, 6.07) is 0. The van der Waals surface area contributed by atoms with E-state index in [0.29, 0.717) is 22.5 Å². The maximum absolute atomic E-state index is 12.0. The number of carbonyl (C=O) groups is 1. The van der Waals surface area contributed by atoms with Crippen molar-refractivity contribution in [2.24, 2.45) is 28.6 Å². The van der Waals surface area contributed by atoms with E-state index in [9.17, 15) is 4.79 Å². The Morgan fingerprint density at radius 3 is 2.56 bits per heavy atom. The molecular formula is C17H26O. The summed E-state index contributed by atoms with van der Waals surface area (Å²) >= 11 is 0. The van der Waals surface area contributed by atoms with Crippen LogP contribution in [0.4, 0.5) is 0 Å². The molecule has 0 aromatic rings. The van der Waals surface area contributed by atoms with Crippen molar-refractivity contribution >= 4 is 5.78 Å². The van der Waals surface area contributed by atoms with Crippen LogP contribution in [0.25, 0.3) is 0 Å². The molecule has 4 atom stereocenters. The van der Waals surface area contributed by atoms with Gasteiger partial charge in [0.1, 0.15) is 0 Å². The van der Waals surface area contributed by atoms with E-state index < -0.39 is 0 Å². The SMILES string of the molecule is CC(=O)C1=C(C)[C@H]2C[C@]3(C1)[C@H](C)CC[C@H]3C2(C)C. The van der Waals surface area contributed by atoms with Gasteiger partial charge in [-0.1, -0.05) is 26.3 Å². The van der Waals surface area contributed by atoms with Crippen molar-refractivity contribution in [3.05, 3.63) is 11.1 Å². The first kappa shape index (κ1) is 12.4. The van der Waals surface area contributed by atoms with E-state index in [-0.39, 0.29) is 0 Å². The molecule has 0 saturated heterocycles. The largest absolute Gasteiger partial charge is 0.295 e. The topological polar surface area (TPSA) is 17.1 Å². The van der Waals surface area contributed by atoms with Crippen LogP contribution >= 0.6 is 0 Å². The third-order valence-corrected chi connectivity index (χ3v) is 6.87. The van der Waals surface area contributed by atoms with Gasteiger partial charge in [-0.15, -0.1) is 0 Å². The van der Waals surface area contributed by atoms with Gasteiger partial charge in [0.05, 0.1) is 0 Å². The van der Waals surface area contributed by atoms with Crippen LogP contribution in [0.2, 0.25) is 0 Å². The molecule has 0 aromatic carbocycles. The quantitative estimate of drug-likeness (QED) is 0.671. The second-order valence-corrected chi connectivity index (χ2v) is 7.74. The number of rotatable bonds is 1. The van der Waals surface area contributed by atoms with Gasteiger partial charge in [-0.2, -0.15) is 0 Å². The summed E-state index contributed by atoms with van der Waals surface area (Å²) in [6.45, 7) is 11.3. The normalized spacial score (nSPS) is 45.3. The summed E-state index contributed by atoms with van der Waals surface area (Å²) in [4.78, 5) is 12.0. The van der Waals surface area contributed by atoms with E-state index in [0.717, 1.165) is 18.3 Å². The smallest absolute Gasteiger partial charge is 0.155 e. The molecule has 3 aliphatic rings. The number of fused-ring (bicyclic) bond motifs is 1. The number of allylic oxidation sites excluding steroid dienone is 2. The second kappa shape index (κ2) is 3.49. The Balaban J connectivity index is 2.15. The van der Waals surface area contributed by atoms with Crippen LogP contribution in [0, 0.1) is 28.6 Å². The number of Topliss-reactive ketones (excluding diaryl/α,β-unsaturated/α-hetero) is 1. The predicted octanol–water partition coefficient (Wildman–Crippen LogP) is 4.37. The summed E-state index contributed by atoms with van der Waals surface area (Å²) in [5.41, 5.74) is 3.44. The van der Waals surface area contributed by atoms with Crippen LogP contribution < -0.4 is 0 Å². The summed E-state index contributed by atoms with van der Waals surface area (Å²) < 4.78 is 0. The number of hydrogen-bond donors (Lipinski definition) is 0. The first-order valence-corrected chi connectivity index (χ1v) is 7.51. The maximum atomic E-state index is 12.0. The molecule has 2 bridgehead atoms. The van der Waals surface area contributed by atoms with Gasteiger partial charge < -0.3 is 0 Å². The highest BCUT2D eigenvalue weighted by Crippen LogP contribution is 2.72. The van der Waals surface area contributed by atoms with Crippen LogP contribution in [0.15, 0.2) is 11.1 Å². The molecular weight excluding hydrogens is 220 g/mol. The van der Waals surface area contributed by atoms with Gasteiger partial charge in [0.2, 0.25) is 0 Å². The van der Waals surface area contributed by atoms with E-state index in [1.807, 2.05) is 0 Å². The number of hydrogen-bond acceptors (Lipinski definition) is 1. The van der Waals surface area contributed by atoms with Crippen molar-refractivity contribution in [3.63, 3.8) is 0 Å². The third kappa shape index (κ3) is 1.26. The number of ketones is 1. The lowest BCUT2D eigenvalue weighted by Gasteiger charge is -2.38. The molecule has 100 valence electrons. The molecule has 18 heavy (non-hydrogen) atoms. The molecule has 0 radical (unpaired) electrons. The first-order chi connectivity index (χ1) is 8.30. The maximum Gasteiger partial charge on any atom is 0.155 e. The van der Waals surface area contributed by atoms with E-state index in [1.165, 1.54) is 30.4 Å². The van der Waals surface area contributed by atoms with Crippen molar-refractivity contribution in [3.8, 4) is 0 Å². The zero-order valence-electron chi connectivity index (χ0n) is 12.5. The molecule has 0 aliphatic heterocycles. The van der Waals surface area contributed by atoms with Crippen LogP contribution in [0.5, 0.6) is 0 Å². The Morgan fingerprint density at radius 2 is 1.94 bits per heavy atom. The highest BCUT2D eigenvalue weighted by Gasteiger charge is 2.64. The van der Waals surface area contributed by atoms with Gasteiger partial charge in [-0.3, -0.25) is 4.79 Å². The zero-order chi connectivity index (χ0) is 13.3. The van der Waals surface area contributed by atoms with Crippen LogP contribution in [0.1, 0.15) is 60.3 Å². The minimum atomic E-state index is 0.326. The zero-order valence-corrected chi connectivity index (χ0v) is 12.5. The summed E-state index contributed by atoms with van der Waals surface area (Å²) in [5.74, 6) is 2.61. The number of carbonyl (C=O) groups excluding carboxylic acids is 1. The molecule has 3 rings (SSSR count). The summed E-state index contributed by atoms with van der Waals surface area (Å²) in [5, 5.41) is 0. The molecule has 0 aromatic heterocycles. The minimum Gasteiger partial charge on any atom is -0.295 e. The van der Waals surface area contributed by atoms with Crippen molar-refractivity contribution in [2.75, 3.05) is 0 Å². The summed E-state index contributed by atoms with van der Waals surface area (Å²) in [6.07, 6.45) is 5.16. The van der Waals surface area contributed by atoms with Crippen LogP contribution in [-0.4, -0.2) is 5.78 Å². The van der Waals surface area contributed by atoms with Gasteiger partial charge >= 0.3 is 0 Å². The van der Waals surface area contributed by atoms with Crippen molar-refractivity contribution in [1.82, 2.24) is 0 Å². The van der Waals surface area contributed by atoms with Gasteiger partial charge in [-0.05, 0) is 73.7 Å². The third-order valence-electron chi connectivity index (χ3n) is 6.87. The first-order valence-electron chi connectivity index (χ1n) is 7.51. The Hall–Kier alpha value is -0.590. The molecule has 2 fully saturated rings. The lowest BCUT2D eigenvalue weighted by Crippen LogP contribution is -2.32. The minimum absolute atomic E-state index is 0.326. The predicted molar refractivity (Wildman–Crippen MR) is 74.2 cm³/mol. The lowest BCUT2D eigenvalue weighted by atomic mass is 9.65. The van der Waals surface area contributed by atoms with Gasteiger partial charge in [0.25, 0.3) is 0 Å². The average molecular weight is 246 g/mol. The Kier molecular flexibility index (Phi) is 2.41. The highest BCUT2D eigenvalue weighted by atomic mass is 16.1. The van der Waals surface area contributed by atoms with Crippen LogP contribution in [-0.2, 0) is 4.79 Å². The van der Waals surface area contributed by atoms with Gasteiger partial charge in [0, 0.05) is 0 Å². The van der Waals surface area contributed by atoms with Gasteiger partial charge in [0.15, 0.2) is 5.78 Å². The highest BCUT2D eigenvalue weighted by molar-refractivity contribution is 5.94. The molecule has 0 amide bonds. The molecule has 0 N–H and O–H groups in total. The molecule has 1 nitrogen and oxygen atoms in total. The van der Waals surface area contributed by atoms with E-state index in [4.69, 9.17) is 0 Å². The van der Waals surface area contributed by atoms with E-state index >= 15 is 0 Å². The molecule has 0 unspecified atom stereocenters. The van der Waals surface area contributed by atoms with Crippen molar-refractivity contribution < 1.29 is 4.79 Å². The fourth-order valence-electron chi connectivity index (χ4n) is 5.84. The van der Waals surface area contributed by atoms with Crippen LogP contribution in [0.3, 0.4) is 0 Å². The summed E-state index contributed by atoms with van der Waals surface area (Å²) in [7, 11) is 0. The monoisotopic (exact) mass is 246 g/mol. The second-order valence-electron chi connectivity index (χ2n) is 7.74. The molecule has 1 spiro atoms. The molecule has 1 heteroatoms. The fraction of sp³-hybridized carbons (Fsp3) is 0.824. The molecule has 3 aliphatic carbocycles. The van der Waals surface area contributed by atoms with Crippen molar-refractivity contribution in [1.29, 1.82) is 0 Å². The lowest BCUT2D eigenvalue weighted by molar-refractivity contribution is -0.114. The van der Waals surface area contributed by atoms with Crippen molar-refractivity contribution in [2.45, 2.75) is 60.3 Å². The molecule has 0 heterocycles. The Bertz CT molecular complexity index is 443. The average Bonchev–Trinajstić information content (AvgIpc) is 2.68. The van der Waals surface area contributed by atoms with E-state index in [2.05, 4.69) is 27.7 Å². The Morgan fingerprint density at radius 1 is 1.28 bits per heavy atom. The molecule has 2 saturated carbocycles. The Labute approximate surface area is 111 Å². The van der Waals surface area contributed by atoms with Gasteiger partial charge in [-0.25, -0.2) is 0 Å². The van der Waals surface area contributed by atoms with E-state index in [1.54, 1.807) is 6.92 Å².